The van der Waals surface area contributed by atoms with Crippen molar-refractivity contribution in [2.24, 2.45) is 7.05 Å². The van der Waals surface area contributed by atoms with Crippen molar-refractivity contribution < 1.29 is 26.3 Å². The van der Waals surface area contributed by atoms with E-state index in [2.05, 4.69) is 14.9 Å². The third kappa shape index (κ3) is 3.99. The molecule has 2 aromatic heterocycles. The van der Waals surface area contributed by atoms with Crippen LogP contribution in [0.2, 0.25) is 0 Å². The number of aryl methyl sites for hydroxylation is 2. The first kappa shape index (κ1) is 19.0. The summed E-state index contributed by atoms with van der Waals surface area (Å²) in [5.74, 6) is -0.170. The van der Waals surface area contributed by atoms with Crippen LogP contribution < -0.4 is 9.46 Å². The largest absolute Gasteiger partial charge is 0.494 e. The summed E-state index contributed by atoms with van der Waals surface area (Å²) in [5, 5.41) is 8.34. The van der Waals surface area contributed by atoms with Gasteiger partial charge in [0.05, 0.1) is 42.9 Å². The van der Waals surface area contributed by atoms with E-state index in [9.17, 15) is 21.6 Å². The van der Waals surface area contributed by atoms with E-state index < -0.39 is 27.5 Å². The molecule has 0 unspecified atom stereocenters. The molecule has 1 N–H and O–H groups in total. The molecule has 0 radical (unpaired) electrons. The van der Waals surface area contributed by atoms with E-state index in [1.807, 2.05) is 0 Å². The van der Waals surface area contributed by atoms with Gasteiger partial charge in [-0.1, -0.05) is 0 Å². The molecule has 8 nitrogen and oxygen atoms in total. The molecular weight excluding hydrogens is 387 g/mol. The topological polar surface area (TPSA) is 91.0 Å². The average molecular weight is 403 g/mol. The van der Waals surface area contributed by atoms with E-state index in [0.29, 0.717) is 22.8 Å². The van der Waals surface area contributed by atoms with E-state index >= 15 is 0 Å². The predicted molar refractivity (Wildman–Crippen MR) is 91.9 cm³/mol. The number of nitrogens with zero attached hydrogens (tertiary/aromatic N) is 4. The Hall–Kier alpha value is -2.76. The number of halogens is 3. The molecule has 27 heavy (non-hydrogen) atoms. The number of sulfonamides is 1. The molecule has 0 aliphatic carbocycles. The minimum Gasteiger partial charge on any atom is -0.494 e. The number of hydrogen-bond donors (Lipinski definition) is 1. The maximum absolute atomic E-state index is 12.6. The lowest BCUT2D eigenvalue weighted by Gasteiger charge is -2.14. The van der Waals surface area contributed by atoms with E-state index in [0.717, 1.165) is 10.9 Å². The van der Waals surface area contributed by atoms with Gasteiger partial charge in [0.25, 0.3) is 0 Å². The van der Waals surface area contributed by atoms with E-state index in [1.165, 1.54) is 11.8 Å². The normalized spacial score (nSPS) is 12.5. The van der Waals surface area contributed by atoms with Crippen LogP contribution >= 0.6 is 0 Å². The number of fused-ring (bicyclic) bond motifs is 1. The van der Waals surface area contributed by atoms with Crippen molar-refractivity contribution in [2.45, 2.75) is 12.7 Å². The number of ether oxygens (including phenoxy) is 1. The Morgan fingerprint density at radius 2 is 1.96 bits per heavy atom. The van der Waals surface area contributed by atoms with Crippen molar-refractivity contribution in [3.05, 3.63) is 36.3 Å². The zero-order valence-electron chi connectivity index (χ0n) is 14.4. The van der Waals surface area contributed by atoms with Gasteiger partial charge in [0.15, 0.2) is 0 Å². The number of nitrogens with one attached hydrogen (secondary N) is 1. The third-order valence-electron chi connectivity index (χ3n) is 3.89. The average Bonchev–Trinajstić information content (AvgIpc) is 3.20. The van der Waals surface area contributed by atoms with Gasteiger partial charge in [-0.2, -0.15) is 23.4 Å². The van der Waals surface area contributed by atoms with Gasteiger partial charge in [0.1, 0.15) is 11.4 Å². The summed E-state index contributed by atoms with van der Waals surface area (Å²) in [7, 11) is -0.836. The molecule has 0 spiro atoms. The minimum atomic E-state index is -4.53. The molecule has 0 amide bonds. The molecule has 0 saturated carbocycles. The Bertz CT molecular complexity index is 1070. The summed E-state index contributed by atoms with van der Waals surface area (Å²) >= 11 is 0. The first-order chi connectivity index (χ1) is 12.6. The number of rotatable bonds is 6. The molecular formula is C15H16F3N5O3S. The molecule has 146 valence electrons. The summed E-state index contributed by atoms with van der Waals surface area (Å²) in [6, 6.07) is 3.34. The second-order valence-corrected chi connectivity index (χ2v) is 7.60. The first-order valence-corrected chi connectivity index (χ1v) is 9.35. The SMILES string of the molecule is COc1ccc2cnn(C)c2c1NS(=O)(=O)CCn1cc(C(F)(F)F)cn1. The van der Waals surface area contributed by atoms with Crippen molar-refractivity contribution in [2.75, 3.05) is 17.6 Å². The lowest BCUT2D eigenvalue weighted by atomic mass is 10.2. The Kier molecular flexibility index (Phi) is 4.76. The van der Waals surface area contributed by atoms with E-state index in [4.69, 9.17) is 4.74 Å². The van der Waals surface area contributed by atoms with Crippen LogP contribution in [-0.4, -0.2) is 40.8 Å². The van der Waals surface area contributed by atoms with E-state index in [-0.39, 0.29) is 12.2 Å². The standard InChI is InChI=1S/C15H16F3N5O3S/c1-22-14-10(7-19-22)3-4-12(26-2)13(14)21-27(24,25)6-5-23-9-11(8-20-23)15(16,17)18/h3-4,7-9,21H,5-6H2,1-2H3. The highest BCUT2D eigenvalue weighted by Gasteiger charge is 2.32. The number of hydrogen-bond acceptors (Lipinski definition) is 5. The zero-order chi connectivity index (χ0) is 19.8. The number of benzene rings is 1. The Labute approximate surface area is 152 Å². The van der Waals surface area contributed by atoms with Crippen LogP contribution in [0.1, 0.15) is 5.56 Å². The molecule has 0 bridgehead atoms. The molecule has 1 aromatic carbocycles. The predicted octanol–water partition coefficient (Wildman–Crippen LogP) is 2.24. The van der Waals surface area contributed by atoms with Crippen LogP contribution in [0.4, 0.5) is 18.9 Å². The number of anilines is 1. The van der Waals surface area contributed by atoms with Crippen molar-refractivity contribution in [3.8, 4) is 5.75 Å². The summed E-state index contributed by atoms with van der Waals surface area (Å²) < 4.78 is 72.8. The smallest absolute Gasteiger partial charge is 0.419 e. The fourth-order valence-electron chi connectivity index (χ4n) is 2.57. The van der Waals surface area contributed by atoms with Crippen molar-refractivity contribution >= 4 is 26.6 Å². The van der Waals surface area contributed by atoms with Gasteiger partial charge in [-0.3, -0.25) is 14.1 Å². The van der Waals surface area contributed by atoms with Crippen LogP contribution in [0, 0.1) is 0 Å². The highest BCUT2D eigenvalue weighted by molar-refractivity contribution is 7.92. The maximum atomic E-state index is 12.6. The van der Waals surface area contributed by atoms with Gasteiger partial charge in [-0.25, -0.2) is 8.42 Å². The van der Waals surface area contributed by atoms with Gasteiger partial charge >= 0.3 is 6.18 Å². The van der Waals surface area contributed by atoms with Crippen molar-refractivity contribution in [1.82, 2.24) is 19.6 Å². The molecule has 3 aromatic rings. The molecule has 0 atom stereocenters. The Morgan fingerprint density at radius 1 is 1.22 bits per heavy atom. The molecule has 0 aliphatic heterocycles. The summed E-state index contributed by atoms with van der Waals surface area (Å²) in [5.41, 5.74) is -0.197. The van der Waals surface area contributed by atoms with Crippen LogP contribution in [0.25, 0.3) is 10.9 Å². The van der Waals surface area contributed by atoms with Crippen molar-refractivity contribution in [1.29, 1.82) is 0 Å². The first-order valence-electron chi connectivity index (χ1n) is 7.69. The van der Waals surface area contributed by atoms with Gasteiger partial charge in [-0.15, -0.1) is 0 Å². The number of methoxy groups -OCH3 is 1. The van der Waals surface area contributed by atoms with Gasteiger partial charge < -0.3 is 4.74 Å². The number of alkyl halides is 3. The molecule has 0 aliphatic rings. The fourth-order valence-corrected chi connectivity index (χ4v) is 3.61. The quantitative estimate of drug-likeness (QED) is 0.682. The lowest BCUT2D eigenvalue weighted by molar-refractivity contribution is -0.137. The Morgan fingerprint density at radius 3 is 2.59 bits per heavy atom. The van der Waals surface area contributed by atoms with Gasteiger partial charge in [-0.05, 0) is 12.1 Å². The molecule has 0 fully saturated rings. The third-order valence-corrected chi connectivity index (χ3v) is 5.13. The van der Waals surface area contributed by atoms with E-state index in [1.54, 1.807) is 25.4 Å². The maximum Gasteiger partial charge on any atom is 0.419 e. The van der Waals surface area contributed by atoms with Crippen LogP contribution in [-0.2, 0) is 29.8 Å². The molecule has 2 heterocycles. The lowest BCUT2D eigenvalue weighted by Crippen LogP contribution is -2.21. The molecule has 12 heteroatoms. The monoisotopic (exact) mass is 403 g/mol. The summed E-state index contributed by atoms with van der Waals surface area (Å²) in [6.45, 7) is -0.241. The van der Waals surface area contributed by atoms with Crippen LogP contribution in [0.3, 0.4) is 0 Å². The molecule has 0 saturated heterocycles. The van der Waals surface area contributed by atoms with Crippen LogP contribution in [0.15, 0.2) is 30.7 Å². The van der Waals surface area contributed by atoms with Crippen LogP contribution in [0.5, 0.6) is 5.75 Å². The second-order valence-electron chi connectivity index (χ2n) is 5.76. The zero-order valence-corrected chi connectivity index (χ0v) is 15.2. The molecule has 3 rings (SSSR count). The Balaban J connectivity index is 1.82. The highest BCUT2D eigenvalue weighted by Crippen LogP contribution is 2.33. The fraction of sp³-hybridized carbons (Fsp3) is 0.333. The van der Waals surface area contributed by atoms with Crippen molar-refractivity contribution in [3.63, 3.8) is 0 Å². The van der Waals surface area contributed by atoms with Gasteiger partial charge in [0.2, 0.25) is 10.0 Å². The minimum absolute atomic E-state index is 0.214. The summed E-state index contributed by atoms with van der Waals surface area (Å²) in [6.07, 6.45) is -1.54. The number of aromatic nitrogens is 4. The second kappa shape index (κ2) is 6.76. The van der Waals surface area contributed by atoms with Gasteiger partial charge in [0, 0.05) is 18.6 Å². The summed E-state index contributed by atoms with van der Waals surface area (Å²) in [4.78, 5) is 0. The highest BCUT2D eigenvalue weighted by atomic mass is 32.2.